The number of alkyl halides is 1. The minimum absolute atomic E-state index is 0.0133. The molecule has 0 atom stereocenters. The fraction of sp³-hybridized carbons (Fsp3) is 0.455. The first-order valence-electron chi connectivity index (χ1n) is 5.47. The van der Waals surface area contributed by atoms with Crippen LogP contribution < -0.4 is 4.74 Å². The summed E-state index contributed by atoms with van der Waals surface area (Å²) in [6, 6.07) is 4.45. The summed E-state index contributed by atoms with van der Waals surface area (Å²) >= 11 is 5.60. The first-order valence-corrected chi connectivity index (χ1v) is 8.07. The van der Waals surface area contributed by atoms with Crippen molar-refractivity contribution in [3.05, 3.63) is 33.9 Å². The molecule has 0 aliphatic rings. The molecular weight excluding hydrogens is 294 g/mol. The van der Waals surface area contributed by atoms with E-state index in [-0.39, 0.29) is 36.1 Å². The second-order valence-corrected chi connectivity index (χ2v) is 6.55. The highest BCUT2D eigenvalue weighted by Gasteiger charge is 2.15. The molecule has 0 N–H and O–H groups in total. The van der Waals surface area contributed by atoms with E-state index in [1.165, 1.54) is 12.1 Å². The van der Waals surface area contributed by atoms with E-state index in [4.69, 9.17) is 16.3 Å². The molecule has 0 fully saturated rings. The smallest absolute Gasteiger partial charge is 0.311 e. The lowest BCUT2D eigenvalue weighted by Gasteiger charge is -2.07. The Kier molecular flexibility index (Phi) is 5.56. The van der Waals surface area contributed by atoms with Crippen molar-refractivity contribution in [3.8, 4) is 5.75 Å². The lowest BCUT2D eigenvalue weighted by molar-refractivity contribution is -0.385. The van der Waals surface area contributed by atoms with Crippen molar-refractivity contribution in [1.82, 2.24) is 0 Å². The molecular formula is C11H14ClNO5S. The standard InChI is InChI=1S/C11H14ClNO5S/c1-19(16,17)6-2-5-18-11-4-3-9(8-12)7-10(11)13(14)15/h3-4,7H,2,5-6,8H2,1H3. The summed E-state index contributed by atoms with van der Waals surface area (Å²) in [5.74, 6) is 0.280. The van der Waals surface area contributed by atoms with Gasteiger partial charge in [-0.2, -0.15) is 0 Å². The van der Waals surface area contributed by atoms with E-state index in [0.717, 1.165) is 6.26 Å². The van der Waals surface area contributed by atoms with E-state index >= 15 is 0 Å². The van der Waals surface area contributed by atoms with Gasteiger partial charge in [-0.25, -0.2) is 8.42 Å². The number of sulfone groups is 1. The fourth-order valence-corrected chi connectivity index (χ4v) is 2.22. The molecule has 0 saturated heterocycles. The number of nitro benzene ring substituents is 1. The van der Waals surface area contributed by atoms with Crippen LogP contribution in [0.5, 0.6) is 5.75 Å². The molecule has 0 heterocycles. The Labute approximate surface area is 116 Å². The predicted molar refractivity (Wildman–Crippen MR) is 72.5 cm³/mol. The summed E-state index contributed by atoms with van der Waals surface area (Å²) in [6.07, 6.45) is 1.41. The van der Waals surface area contributed by atoms with Crippen molar-refractivity contribution in [2.24, 2.45) is 0 Å². The van der Waals surface area contributed by atoms with Gasteiger partial charge in [0.1, 0.15) is 9.84 Å². The second kappa shape index (κ2) is 6.72. The van der Waals surface area contributed by atoms with E-state index < -0.39 is 14.8 Å². The Morgan fingerprint density at radius 1 is 1.42 bits per heavy atom. The Morgan fingerprint density at radius 3 is 2.63 bits per heavy atom. The molecule has 0 aromatic heterocycles. The number of halogens is 1. The molecule has 106 valence electrons. The van der Waals surface area contributed by atoms with Crippen molar-refractivity contribution in [1.29, 1.82) is 0 Å². The van der Waals surface area contributed by atoms with E-state index in [1.807, 2.05) is 0 Å². The number of ether oxygens (including phenoxy) is 1. The van der Waals surface area contributed by atoms with Gasteiger partial charge in [0.15, 0.2) is 5.75 Å². The topological polar surface area (TPSA) is 86.5 Å². The molecule has 0 aliphatic carbocycles. The van der Waals surface area contributed by atoms with Gasteiger partial charge in [0.25, 0.3) is 0 Å². The average molecular weight is 308 g/mol. The third-order valence-electron chi connectivity index (χ3n) is 2.29. The third-order valence-corrected chi connectivity index (χ3v) is 3.63. The minimum atomic E-state index is -3.05. The normalized spacial score (nSPS) is 11.3. The van der Waals surface area contributed by atoms with E-state index in [1.54, 1.807) is 6.07 Å². The number of benzene rings is 1. The lowest BCUT2D eigenvalue weighted by atomic mass is 10.2. The maximum Gasteiger partial charge on any atom is 0.311 e. The van der Waals surface area contributed by atoms with Crippen LogP contribution in [0, 0.1) is 10.1 Å². The SMILES string of the molecule is CS(=O)(=O)CCCOc1ccc(CCl)cc1[N+](=O)[O-]. The summed E-state index contributed by atoms with van der Waals surface area (Å²) in [5.41, 5.74) is 0.453. The van der Waals surface area contributed by atoms with Gasteiger partial charge in [-0.3, -0.25) is 10.1 Å². The molecule has 19 heavy (non-hydrogen) atoms. The molecule has 1 aromatic carbocycles. The molecule has 1 aromatic rings. The molecule has 0 bridgehead atoms. The number of nitrogens with zero attached hydrogens (tertiary/aromatic N) is 1. The largest absolute Gasteiger partial charge is 0.487 e. The zero-order chi connectivity index (χ0) is 14.5. The van der Waals surface area contributed by atoms with Crippen molar-refractivity contribution in [3.63, 3.8) is 0 Å². The van der Waals surface area contributed by atoms with E-state index in [9.17, 15) is 18.5 Å². The summed E-state index contributed by atoms with van der Waals surface area (Å²) in [7, 11) is -3.05. The Morgan fingerprint density at radius 2 is 2.11 bits per heavy atom. The lowest BCUT2D eigenvalue weighted by Crippen LogP contribution is -2.08. The summed E-state index contributed by atoms with van der Waals surface area (Å²) in [4.78, 5) is 10.3. The number of hydrogen-bond acceptors (Lipinski definition) is 5. The Balaban J connectivity index is 2.70. The molecule has 6 nitrogen and oxygen atoms in total. The van der Waals surface area contributed by atoms with Gasteiger partial charge in [-0.1, -0.05) is 6.07 Å². The molecule has 0 spiro atoms. The van der Waals surface area contributed by atoms with Gasteiger partial charge in [0, 0.05) is 18.2 Å². The number of rotatable bonds is 7. The first-order chi connectivity index (χ1) is 8.83. The van der Waals surface area contributed by atoms with Crippen molar-refractivity contribution in [2.45, 2.75) is 12.3 Å². The summed E-state index contributed by atoms with van der Waals surface area (Å²) in [5, 5.41) is 10.9. The zero-order valence-corrected chi connectivity index (χ0v) is 11.9. The van der Waals surface area contributed by atoms with Crippen LogP contribution in [0.2, 0.25) is 0 Å². The monoisotopic (exact) mass is 307 g/mol. The second-order valence-electron chi connectivity index (χ2n) is 4.02. The van der Waals surface area contributed by atoms with Crippen LogP contribution in [0.4, 0.5) is 5.69 Å². The molecule has 0 aliphatic heterocycles. The van der Waals surface area contributed by atoms with E-state index in [2.05, 4.69) is 0 Å². The molecule has 0 amide bonds. The number of nitro groups is 1. The highest BCUT2D eigenvalue weighted by molar-refractivity contribution is 7.90. The predicted octanol–water partition coefficient (Wildman–Crippen LogP) is 2.15. The van der Waals surface area contributed by atoms with Crippen LogP contribution in [-0.4, -0.2) is 32.0 Å². The maximum atomic E-state index is 10.9. The van der Waals surface area contributed by atoms with Gasteiger partial charge in [0.2, 0.25) is 0 Å². The van der Waals surface area contributed by atoms with Gasteiger partial charge in [-0.15, -0.1) is 11.6 Å². The van der Waals surface area contributed by atoms with Gasteiger partial charge in [0.05, 0.1) is 17.3 Å². The maximum absolute atomic E-state index is 10.9. The van der Waals surface area contributed by atoms with E-state index in [0.29, 0.717) is 5.56 Å². The highest BCUT2D eigenvalue weighted by atomic mass is 35.5. The van der Waals surface area contributed by atoms with Crippen molar-refractivity contribution < 1.29 is 18.1 Å². The summed E-state index contributed by atoms with van der Waals surface area (Å²) in [6.45, 7) is 0.105. The molecule has 8 heteroatoms. The quantitative estimate of drug-likeness (QED) is 0.333. The Hall–Kier alpha value is -1.34. The van der Waals surface area contributed by atoms with Crippen LogP contribution in [0.15, 0.2) is 18.2 Å². The van der Waals surface area contributed by atoms with Gasteiger partial charge in [-0.05, 0) is 18.1 Å². The van der Waals surface area contributed by atoms with Gasteiger partial charge < -0.3 is 4.74 Å². The van der Waals surface area contributed by atoms with Crippen molar-refractivity contribution in [2.75, 3.05) is 18.6 Å². The molecule has 0 radical (unpaired) electrons. The van der Waals surface area contributed by atoms with Crippen LogP contribution in [0.3, 0.4) is 0 Å². The Bertz CT molecular complexity index is 558. The van der Waals surface area contributed by atoms with Crippen LogP contribution in [0.1, 0.15) is 12.0 Å². The molecule has 0 unspecified atom stereocenters. The zero-order valence-electron chi connectivity index (χ0n) is 10.3. The van der Waals surface area contributed by atoms with Gasteiger partial charge >= 0.3 is 5.69 Å². The third kappa shape index (κ3) is 5.44. The fourth-order valence-electron chi connectivity index (χ4n) is 1.41. The first kappa shape index (κ1) is 15.7. The number of hydrogen-bond donors (Lipinski definition) is 0. The molecule has 1 rings (SSSR count). The van der Waals surface area contributed by atoms with Crippen LogP contribution >= 0.6 is 11.6 Å². The summed E-state index contributed by atoms with van der Waals surface area (Å²) < 4.78 is 27.1. The minimum Gasteiger partial charge on any atom is -0.487 e. The average Bonchev–Trinajstić information content (AvgIpc) is 2.33. The van der Waals surface area contributed by atoms with Crippen LogP contribution in [0.25, 0.3) is 0 Å². The molecule has 0 saturated carbocycles. The van der Waals surface area contributed by atoms with Crippen molar-refractivity contribution >= 4 is 27.1 Å². The highest BCUT2D eigenvalue weighted by Crippen LogP contribution is 2.28. The van der Waals surface area contributed by atoms with Crippen LogP contribution in [-0.2, 0) is 15.7 Å².